The Balaban J connectivity index is 4.41. The molecule has 0 fully saturated rings. The maximum atomic E-state index is 11.3. The summed E-state index contributed by atoms with van der Waals surface area (Å²) in [6.45, 7) is 5.36. The van der Waals surface area contributed by atoms with Gasteiger partial charge in [-0.1, -0.05) is 23.2 Å². The Morgan fingerprint density at radius 3 is 2.24 bits per heavy atom. The van der Waals surface area contributed by atoms with E-state index in [1.54, 1.807) is 20.8 Å². The third kappa shape index (κ3) is 8.71. The first-order chi connectivity index (χ1) is 7.61. The summed E-state index contributed by atoms with van der Waals surface area (Å²) >= 11 is 11.1. The number of alkyl carbamates (subject to hydrolysis) is 1. The summed E-state index contributed by atoms with van der Waals surface area (Å²) in [7, 11) is 0. The van der Waals surface area contributed by atoms with Gasteiger partial charge >= 0.3 is 6.09 Å². The van der Waals surface area contributed by atoms with Crippen molar-refractivity contribution in [3.63, 3.8) is 0 Å². The average Bonchev–Trinajstić information content (AvgIpc) is 2.08. The Morgan fingerprint density at radius 2 is 1.88 bits per heavy atom. The standard InChI is InChI=1S/C10H17Cl2N3O2/c1-10(2,3)17-9(16)15-5-6(8(12)14)4-7(11)13/h4H,5,13-14H2,1-3H3,(H,15,16)/b7-4-,8-6+. The minimum Gasteiger partial charge on any atom is -0.444 e. The molecule has 98 valence electrons. The third-order valence-electron chi connectivity index (χ3n) is 1.44. The Kier molecular flexibility index (Phi) is 6.20. The maximum Gasteiger partial charge on any atom is 0.407 e. The van der Waals surface area contributed by atoms with Gasteiger partial charge in [0.05, 0.1) is 5.16 Å². The van der Waals surface area contributed by atoms with Crippen molar-refractivity contribution in [2.75, 3.05) is 6.54 Å². The van der Waals surface area contributed by atoms with Gasteiger partial charge in [-0.15, -0.1) is 0 Å². The second-order valence-electron chi connectivity index (χ2n) is 4.26. The van der Waals surface area contributed by atoms with Crippen LogP contribution in [0.3, 0.4) is 0 Å². The smallest absolute Gasteiger partial charge is 0.407 e. The molecular weight excluding hydrogens is 265 g/mol. The van der Waals surface area contributed by atoms with Gasteiger partial charge in [-0.25, -0.2) is 4.79 Å². The van der Waals surface area contributed by atoms with Crippen LogP contribution in [-0.4, -0.2) is 18.2 Å². The zero-order valence-electron chi connectivity index (χ0n) is 10.0. The SMILES string of the molecule is CC(C)(C)OC(=O)NCC(/C=C(\N)Cl)=C(/N)Cl. The van der Waals surface area contributed by atoms with Gasteiger partial charge in [0, 0.05) is 12.1 Å². The second kappa shape index (κ2) is 6.61. The van der Waals surface area contributed by atoms with E-state index in [0.29, 0.717) is 5.57 Å². The highest BCUT2D eigenvalue weighted by Gasteiger charge is 2.16. The molecule has 17 heavy (non-hydrogen) atoms. The summed E-state index contributed by atoms with van der Waals surface area (Å²) in [5.74, 6) is 0. The Morgan fingerprint density at radius 1 is 1.35 bits per heavy atom. The van der Waals surface area contributed by atoms with Gasteiger partial charge in [0.15, 0.2) is 0 Å². The minimum atomic E-state index is -0.575. The molecule has 0 aromatic rings. The summed E-state index contributed by atoms with van der Waals surface area (Å²) < 4.78 is 5.03. The zero-order chi connectivity index (χ0) is 13.6. The molecule has 0 heterocycles. The Bertz CT molecular complexity index is 338. The summed E-state index contributed by atoms with van der Waals surface area (Å²) in [5, 5.41) is 2.51. The molecule has 0 aliphatic carbocycles. The van der Waals surface area contributed by atoms with Crippen molar-refractivity contribution in [3.05, 3.63) is 22.0 Å². The van der Waals surface area contributed by atoms with Crippen molar-refractivity contribution < 1.29 is 9.53 Å². The van der Waals surface area contributed by atoms with Crippen LogP contribution in [0.25, 0.3) is 0 Å². The van der Waals surface area contributed by atoms with Crippen molar-refractivity contribution in [2.45, 2.75) is 26.4 Å². The average molecular weight is 282 g/mol. The number of carbonyl (C=O) groups is 1. The first-order valence-corrected chi connectivity index (χ1v) is 5.61. The van der Waals surface area contributed by atoms with Crippen LogP contribution >= 0.6 is 23.2 Å². The fourth-order valence-corrected chi connectivity index (χ4v) is 1.11. The fourth-order valence-electron chi connectivity index (χ4n) is 0.852. The number of halogens is 2. The van der Waals surface area contributed by atoms with E-state index < -0.39 is 11.7 Å². The van der Waals surface area contributed by atoms with E-state index in [0.717, 1.165) is 0 Å². The van der Waals surface area contributed by atoms with Crippen LogP contribution in [0.4, 0.5) is 4.79 Å². The molecule has 0 aromatic heterocycles. The van der Waals surface area contributed by atoms with Gasteiger partial charge in [0.25, 0.3) is 0 Å². The molecule has 1 amide bonds. The van der Waals surface area contributed by atoms with E-state index in [2.05, 4.69) is 5.32 Å². The highest BCUT2D eigenvalue weighted by Crippen LogP contribution is 2.09. The lowest BCUT2D eigenvalue weighted by atomic mass is 10.2. The number of amides is 1. The van der Waals surface area contributed by atoms with Crippen LogP contribution < -0.4 is 16.8 Å². The monoisotopic (exact) mass is 281 g/mol. The topological polar surface area (TPSA) is 90.4 Å². The minimum absolute atomic E-state index is 0.00431. The number of ether oxygens (including phenoxy) is 1. The molecule has 5 nitrogen and oxygen atoms in total. The van der Waals surface area contributed by atoms with Crippen LogP contribution in [-0.2, 0) is 4.74 Å². The first-order valence-electron chi connectivity index (χ1n) is 4.85. The molecule has 0 bridgehead atoms. The lowest BCUT2D eigenvalue weighted by molar-refractivity contribution is 0.0533. The Labute approximate surface area is 111 Å². The van der Waals surface area contributed by atoms with Gasteiger partial charge in [-0.05, 0) is 26.8 Å². The van der Waals surface area contributed by atoms with Gasteiger partial charge in [0.2, 0.25) is 0 Å². The largest absolute Gasteiger partial charge is 0.444 e. The molecule has 0 aliphatic heterocycles. The summed E-state index contributed by atoms with van der Waals surface area (Å²) in [6.07, 6.45) is 0.788. The molecule has 0 saturated carbocycles. The number of rotatable bonds is 3. The Hall–Kier alpha value is -1.07. The molecule has 0 rings (SSSR count). The van der Waals surface area contributed by atoms with E-state index >= 15 is 0 Å². The normalized spacial score (nSPS) is 14.1. The van der Waals surface area contributed by atoms with Crippen molar-refractivity contribution in [3.8, 4) is 0 Å². The molecule has 0 radical (unpaired) electrons. The van der Waals surface area contributed by atoms with Crippen LogP contribution in [0.15, 0.2) is 22.0 Å². The predicted octanol–water partition coefficient (Wildman–Crippen LogP) is 1.96. The number of nitrogens with one attached hydrogen (secondary N) is 1. The quantitative estimate of drug-likeness (QED) is 0.545. The van der Waals surface area contributed by atoms with E-state index in [9.17, 15) is 4.79 Å². The lowest BCUT2D eigenvalue weighted by Gasteiger charge is -2.19. The highest BCUT2D eigenvalue weighted by molar-refractivity contribution is 6.30. The van der Waals surface area contributed by atoms with E-state index in [1.165, 1.54) is 6.08 Å². The molecular formula is C10H17Cl2N3O2. The molecule has 7 heteroatoms. The highest BCUT2D eigenvalue weighted by atomic mass is 35.5. The second-order valence-corrected chi connectivity index (χ2v) is 5.10. The van der Waals surface area contributed by atoms with Gasteiger partial charge < -0.3 is 21.5 Å². The fraction of sp³-hybridized carbons (Fsp3) is 0.500. The molecule has 0 aromatic carbocycles. The molecule has 0 spiro atoms. The first kappa shape index (κ1) is 15.9. The van der Waals surface area contributed by atoms with Gasteiger partial charge in [0.1, 0.15) is 10.8 Å². The van der Waals surface area contributed by atoms with Gasteiger partial charge in [-0.3, -0.25) is 0 Å². The molecule has 0 atom stereocenters. The number of hydrogen-bond acceptors (Lipinski definition) is 4. The van der Waals surface area contributed by atoms with E-state index in [4.69, 9.17) is 39.4 Å². The lowest BCUT2D eigenvalue weighted by Crippen LogP contribution is -2.33. The summed E-state index contributed by atoms with van der Waals surface area (Å²) in [4.78, 5) is 11.3. The maximum absolute atomic E-state index is 11.3. The van der Waals surface area contributed by atoms with Crippen LogP contribution in [0.1, 0.15) is 20.8 Å². The van der Waals surface area contributed by atoms with Crippen molar-refractivity contribution in [1.82, 2.24) is 5.32 Å². The number of hydrogen-bond donors (Lipinski definition) is 3. The molecule has 5 N–H and O–H groups in total. The van der Waals surface area contributed by atoms with Crippen molar-refractivity contribution in [2.24, 2.45) is 11.5 Å². The van der Waals surface area contributed by atoms with Crippen molar-refractivity contribution in [1.29, 1.82) is 0 Å². The third-order valence-corrected chi connectivity index (χ3v) is 1.79. The predicted molar refractivity (Wildman–Crippen MR) is 69.4 cm³/mol. The zero-order valence-corrected chi connectivity index (χ0v) is 11.5. The molecule has 0 aliphatic rings. The van der Waals surface area contributed by atoms with Crippen LogP contribution in [0.2, 0.25) is 0 Å². The van der Waals surface area contributed by atoms with Crippen LogP contribution in [0.5, 0.6) is 0 Å². The molecule has 0 unspecified atom stereocenters. The number of nitrogens with two attached hydrogens (primary N) is 2. The van der Waals surface area contributed by atoms with Crippen molar-refractivity contribution >= 4 is 29.3 Å². The van der Waals surface area contributed by atoms with E-state index in [1.807, 2.05) is 0 Å². The summed E-state index contributed by atoms with van der Waals surface area (Å²) in [5.41, 5.74) is 10.5. The van der Waals surface area contributed by atoms with Gasteiger partial charge in [-0.2, -0.15) is 0 Å². The molecule has 0 saturated heterocycles. The number of carbonyl (C=O) groups excluding carboxylic acids is 1. The van der Waals surface area contributed by atoms with E-state index in [-0.39, 0.29) is 16.9 Å². The summed E-state index contributed by atoms with van der Waals surface area (Å²) in [6, 6.07) is 0. The van der Waals surface area contributed by atoms with Crippen LogP contribution in [0, 0.1) is 0 Å².